The highest BCUT2D eigenvalue weighted by Gasteiger charge is 2.39. The van der Waals surface area contributed by atoms with Crippen LogP contribution >= 0.6 is 15.9 Å². The molecule has 0 radical (unpaired) electrons. The minimum absolute atomic E-state index is 0.00607. The summed E-state index contributed by atoms with van der Waals surface area (Å²) in [6.07, 6.45) is 5.53. The van der Waals surface area contributed by atoms with Gasteiger partial charge in [-0.25, -0.2) is 4.79 Å². The molecule has 0 unspecified atom stereocenters. The van der Waals surface area contributed by atoms with E-state index < -0.39 is 24.5 Å². The number of halogens is 1. The van der Waals surface area contributed by atoms with Crippen molar-refractivity contribution in [2.24, 2.45) is 5.92 Å². The second-order valence-corrected chi connectivity index (χ2v) is 9.61. The lowest BCUT2D eigenvalue weighted by atomic mass is 9.94. The molecule has 7 nitrogen and oxygen atoms in total. The lowest BCUT2D eigenvalue weighted by Gasteiger charge is -2.31. The van der Waals surface area contributed by atoms with Gasteiger partial charge >= 0.3 is 11.9 Å². The van der Waals surface area contributed by atoms with Gasteiger partial charge in [-0.3, -0.25) is 14.4 Å². The number of carbonyl (C=O) groups is 4. The maximum atomic E-state index is 12.5. The number of rotatable bonds is 7. The first-order valence-corrected chi connectivity index (χ1v) is 12.3. The zero-order chi connectivity index (χ0) is 24.1. The van der Waals surface area contributed by atoms with Crippen molar-refractivity contribution in [3.05, 3.63) is 64.1 Å². The second kappa shape index (κ2) is 11.0. The first-order valence-electron chi connectivity index (χ1n) is 11.5. The molecule has 2 aromatic rings. The molecular formula is C26H26BrNO6. The van der Waals surface area contributed by atoms with Gasteiger partial charge in [0.1, 0.15) is 5.75 Å². The number of amides is 1. The number of ether oxygens (including phenoxy) is 2. The molecule has 2 fully saturated rings. The molecule has 1 atom stereocenters. The lowest BCUT2D eigenvalue weighted by Crippen LogP contribution is -2.38. The first kappa shape index (κ1) is 24.1. The van der Waals surface area contributed by atoms with Crippen LogP contribution in [0, 0.1) is 5.92 Å². The number of ketones is 1. The summed E-state index contributed by atoms with van der Waals surface area (Å²) in [5.74, 6) is -1.62. The van der Waals surface area contributed by atoms with Gasteiger partial charge in [0.2, 0.25) is 5.91 Å². The van der Waals surface area contributed by atoms with Crippen LogP contribution in [0.5, 0.6) is 5.75 Å². The van der Waals surface area contributed by atoms with Gasteiger partial charge in [-0.15, -0.1) is 0 Å². The number of benzene rings is 2. The maximum Gasteiger partial charge on any atom is 0.343 e. The van der Waals surface area contributed by atoms with E-state index in [-0.39, 0.29) is 24.2 Å². The van der Waals surface area contributed by atoms with Crippen LogP contribution in [0.4, 0.5) is 0 Å². The molecule has 34 heavy (non-hydrogen) atoms. The van der Waals surface area contributed by atoms with Gasteiger partial charge in [0, 0.05) is 29.0 Å². The van der Waals surface area contributed by atoms with Crippen molar-refractivity contribution in [2.45, 2.75) is 44.6 Å². The van der Waals surface area contributed by atoms with Gasteiger partial charge in [0.25, 0.3) is 0 Å². The molecule has 1 saturated carbocycles. The van der Waals surface area contributed by atoms with Gasteiger partial charge in [-0.1, -0.05) is 35.2 Å². The minimum Gasteiger partial charge on any atom is -0.457 e. The average Bonchev–Trinajstić information content (AvgIpc) is 3.25. The van der Waals surface area contributed by atoms with Crippen LogP contribution in [0.15, 0.2) is 53.0 Å². The monoisotopic (exact) mass is 527 g/mol. The van der Waals surface area contributed by atoms with E-state index in [9.17, 15) is 19.2 Å². The van der Waals surface area contributed by atoms with Crippen molar-refractivity contribution in [3.63, 3.8) is 0 Å². The maximum absolute atomic E-state index is 12.5. The van der Waals surface area contributed by atoms with E-state index in [1.165, 1.54) is 30.7 Å². The number of esters is 2. The summed E-state index contributed by atoms with van der Waals surface area (Å²) < 4.78 is 11.4. The van der Waals surface area contributed by atoms with Gasteiger partial charge in [-0.2, -0.15) is 0 Å². The van der Waals surface area contributed by atoms with E-state index in [4.69, 9.17) is 9.47 Å². The van der Waals surface area contributed by atoms with E-state index in [1.54, 1.807) is 24.3 Å². The predicted octanol–water partition coefficient (Wildman–Crippen LogP) is 4.58. The quantitative estimate of drug-likeness (QED) is 0.297. The molecule has 0 aromatic heterocycles. The summed E-state index contributed by atoms with van der Waals surface area (Å²) in [6, 6.07) is 13.1. The normalized spacial score (nSPS) is 18.6. The van der Waals surface area contributed by atoms with Crippen molar-refractivity contribution in [1.82, 2.24) is 4.90 Å². The van der Waals surface area contributed by atoms with Crippen molar-refractivity contribution in [3.8, 4) is 5.75 Å². The molecule has 2 aromatic carbocycles. The first-order chi connectivity index (χ1) is 16.4. The lowest BCUT2D eigenvalue weighted by molar-refractivity contribution is -0.147. The number of Topliss-reactive ketones (excluding diaryl/α,β-unsaturated/α-hetero) is 1. The summed E-state index contributed by atoms with van der Waals surface area (Å²) in [5.41, 5.74) is 0.741. The van der Waals surface area contributed by atoms with Gasteiger partial charge < -0.3 is 14.4 Å². The molecule has 1 aliphatic heterocycles. The highest BCUT2D eigenvalue weighted by Crippen LogP contribution is 2.29. The molecule has 2 aliphatic rings. The van der Waals surface area contributed by atoms with Gasteiger partial charge in [0.05, 0.1) is 11.5 Å². The largest absolute Gasteiger partial charge is 0.457 e. The molecule has 1 aliphatic carbocycles. The number of likely N-dealkylation sites (tertiary alicyclic amines) is 1. The van der Waals surface area contributed by atoms with E-state index in [2.05, 4.69) is 15.9 Å². The fraction of sp³-hybridized carbons (Fsp3) is 0.385. The molecule has 1 amide bonds. The number of carbonyl (C=O) groups excluding carboxylic acids is 4. The zero-order valence-corrected chi connectivity index (χ0v) is 20.3. The number of hydrogen-bond acceptors (Lipinski definition) is 6. The van der Waals surface area contributed by atoms with Crippen molar-refractivity contribution < 1.29 is 28.7 Å². The van der Waals surface area contributed by atoms with Crippen LogP contribution in [-0.4, -0.2) is 47.7 Å². The average molecular weight is 528 g/mol. The fourth-order valence-electron chi connectivity index (χ4n) is 4.43. The molecule has 0 spiro atoms. The minimum atomic E-state index is -0.525. The number of hydrogen-bond donors (Lipinski definition) is 0. The standard InChI is InChI=1S/C26H26BrNO6/c27-20-10-6-18(7-11-20)26(32)34-22-12-8-17(9-13-22)23(29)16-33-25(31)19-14-24(30)28(15-19)21-4-2-1-3-5-21/h6-13,19,21H,1-5,14-16H2/t19-/m0/s1. The predicted molar refractivity (Wildman–Crippen MR) is 128 cm³/mol. The summed E-state index contributed by atoms with van der Waals surface area (Å²) in [6.45, 7) is -0.0278. The molecule has 4 rings (SSSR count). The Morgan fingerprint density at radius 2 is 1.56 bits per heavy atom. The highest BCUT2D eigenvalue weighted by molar-refractivity contribution is 9.10. The third-order valence-electron chi connectivity index (χ3n) is 6.32. The summed E-state index contributed by atoms with van der Waals surface area (Å²) in [7, 11) is 0. The number of nitrogens with zero attached hydrogens (tertiary/aromatic N) is 1. The second-order valence-electron chi connectivity index (χ2n) is 8.69. The molecule has 0 N–H and O–H groups in total. The van der Waals surface area contributed by atoms with Crippen LogP contribution in [-0.2, 0) is 14.3 Å². The molecule has 0 bridgehead atoms. The van der Waals surface area contributed by atoms with Crippen LogP contribution in [0.1, 0.15) is 59.2 Å². The van der Waals surface area contributed by atoms with E-state index in [1.807, 2.05) is 4.90 Å². The molecule has 8 heteroatoms. The topological polar surface area (TPSA) is 90.0 Å². The van der Waals surface area contributed by atoms with Crippen LogP contribution in [0.25, 0.3) is 0 Å². The Labute approximate surface area is 206 Å². The van der Waals surface area contributed by atoms with Crippen molar-refractivity contribution in [2.75, 3.05) is 13.2 Å². The molecule has 1 heterocycles. The Morgan fingerprint density at radius 3 is 2.24 bits per heavy atom. The smallest absolute Gasteiger partial charge is 0.343 e. The zero-order valence-electron chi connectivity index (χ0n) is 18.7. The third kappa shape index (κ3) is 5.91. The van der Waals surface area contributed by atoms with Crippen molar-refractivity contribution in [1.29, 1.82) is 0 Å². The Hall–Kier alpha value is -3.00. The van der Waals surface area contributed by atoms with E-state index >= 15 is 0 Å². The molecule has 1 saturated heterocycles. The molecule has 178 valence electrons. The van der Waals surface area contributed by atoms with Gasteiger partial charge in [0.15, 0.2) is 12.4 Å². The Morgan fingerprint density at radius 1 is 0.912 bits per heavy atom. The van der Waals surface area contributed by atoms with E-state index in [0.29, 0.717) is 23.4 Å². The molecular weight excluding hydrogens is 502 g/mol. The van der Waals surface area contributed by atoms with Crippen LogP contribution < -0.4 is 4.74 Å². The van der Waals surface area contributed by atoms with Crippen molar-refractivity contribution >= 4 is 39.6 Å². The van der Waals surface area contributed by atoms with Crippen LogP contribution in [0.3, 0.4) is 0 Å². The van der Waals surface area contributed by atoms with Gasteiger partial charge in [-0.05, 0) is 61.4 Å². The highest BCUT2D eigenvalue weighted by atomic mass is 79.9. The third-order valence-corrected chi connectivity index (χ3v) is 6.85. The summed E-state index contributed by atoms with van der Waals surface area (Å²) in [5, 5.41) is 0. The Bertz CT molecular complexity index is 1060. The summed E-state index contributed by atoms with van der Waals surface area (Å²) >= 11 is 3.31. The SMILES string of the molecule is O=C(COC(=O)[C@H]1CC(=O)N(C2CCCCC2)C1)c1ccc(OC(=O)c2ccc(Br)cc2)cc1. The Balaban J connectivity index is 1.26. The summed E-state index contributed by atoms with van der Waals surface area (Å²) in [4.78, 5) is 51.3. The Kier molecular flexibility index (Phi) is 7.77. The fourth-order valence-corrected chi connectivity index (χ4v) is 4.70. The van der Waals surface area contributed by atoms with E-state index in [0.717, 1.165) is 30.2 Å². The van der Waals surface area contributed by atoms with Crippen LogP contribution in [0.2, 0.25) is 0 Å².